The molecule has 0 spiro atoms. The zero-order valence-corrected chi connectivity index (χ0v) is 11.6. The molecule has 4 nitrogen and oxygen atoms in total. The molecule has 0 aromatic rings. The molecule has 0 fully saturated rings. The zero-order chi connectivity index (χ0) is 13.5. The highest BCUT2D eigenvalue weighted by molar-refractivity contribution is 5.76. The summed E-state index contributed by atoms with van der Waals surface area (Å²) in [5, 5.41) is 2.65. The van der Waals surface area contributed by atoms with E-state index in [0.717, 1.165) is 0 Å². The van der Waals surface area contributed by atoms with Crippen LogP contribution >= 0.6 is 0 Å². The van der Waals surface area contributed by atoms with Crippen LogP contribution in [0.25, 0.3) is 0 Å². The largest absolute Gasteiger partial charge is 0.380 e. The quantitative estimate of drug-likeness (QED) is 0.628. The van der Waals surface area contributed by atoms with Crippen LogP contribution in [-0.4, -0.2) is 32.0 Å². The number of ether oxygens (including phenoxy) is 1. The molecule has 1 amide bonds. The monoisotopic (exact) mass is 243 g/mol. The second-order valence-electron chi connectivity index (χ2n) is 6.20. The lowest BCUT2D eigenvalue weighted by molar-refractivity contribution is -0.120. The van der Waals surface area contributed by atoms with Crippen molar-refractivity contribution < 1.29 is 14.3 Å². The number of nitrogens with one attached hydrogen (secondary N) is 1. The molecule has 0 unspecified atom stereocenters. The molecule has 0 aromatic carbocycles. The average molecular weight is 243 g/mol. The lowest BCUT2D eigenvalue weighted by Crippen LogP contribution is -2.34. The van der Waals surface area contributed by atoms with Crippen LogP contribution in [0.2, 0.25) is 0 Å². The second-order valence-corrected chi connectivity index (χ2v) is 6.20. The number of hydrogen-bond donors (Lipinski definition) is 1. The fraction of sp³-hybridized carbons (Fsp3) is 0.846. The van der Waals surface area contributed by atoms with Gasteiger partial charge in [-0.15, -0.1) is 0 Å². The van der Waals surface area contributed by atoms with Gasteiger partial charge in [-0.3, -0.25) is 4.79 Å². The van der Waals surface area contributed by atoms with Crippen molar-refractivity contribution in [2.24, 2.45) is 10.8 Å². The third-order valence-electron chi connectivity index (χ3n) is 2.38. The van der Waals surface area contributed by atoms with Gasteiger partial charge < -0.3 is 14.8 Å². The maximum absolute atomic E-state index is 11.1. The average Bonchev–Trinajstić information content (AvgIpc) is 2.11. The molecule has 4 heteroatoms. The Morgan fingerprint density at radius 1 is 1.18 bits per heavy atom. The Hall–Kier alpha value is -0.900. The minimum Gasteiger partial charge on any atom is -0.380 e. The summed E-state index contributed by atoms with van der Waals surface area (Å²) in [7, 11) is 0. The lowest BCUT2D eigenvalue weighted by atomic mass is 9.88. The number of rotatable bonds is 9. The van der Waals surface area contributed by atoms with E-state index in [4.69, 9.17) is 4.74 Å². The highest BCUT2D eigenvalue weighted by Gasteiger charge is 2.23. The third kappa shape index (κ3) is 8.86. The Labute approximate surface area is 104 Å². The molecule has 0 aromatic heterocycles. The van der Waals surface area contributed by atoms with Crippen molar-refractivity contribution >= 4 is 12.2 Å². The van der Waals surface area contributed by atoms with Crippen molar-refractivity contribution in [1.29, 1.82) is 0 Å². The number of carbonyl (C=O) groups is 2. The van der Waals surface area contributed by atoms with Gasteiger partial charge in [-0.05, 0) is 12.3 Å². The van der Waals surface area contributed by atoms with Gasteiger partial charge in [0.25, 0.3) is 0 Å². The molecule has 0 bridgehead atoms. The summed E-state index contributed by atoms with van der Waals surface area (Å²) in [4.78, 5) is 21.3. The van der Waals surface area contributed by atoms with Crippen LogP contribution in [0.4, 0.5) is 0 Å². The molecule has 0 saturated carbocycles. The number of Topliss-reactive ketones (excluding diaryl/α,β-unsaturated/α-hetero) is 1. The van der Waals surface area contributed by atoms with E-state index < -0.39 is 0 Å². The van der Waals surface area contributed by atoms with Crippen molar-refractivity contribution in [3.05, 3.63) is 0 Å². The Kier molecular flexibility index (Phi) is 6.39. The first kappa shape index (κ1) is 16.1. The lowest BCUT2D eigenvalue weighted by Gasteiger charge is -2.28. The fourth-order valence-corrected chi connectivity index (χ4v) is 1.70. The van der Waals surface area contributed by atoms with Crippen LogP contribution in [0.15, 0.2) is 0 Å². The van der Waals surface area contributed by atoms with E-state index in [0.29, 0.717) is 32.6 Å². The van der Waals surface area contributed by atoms with E-state index in [2.05, 4.69) is 5.32 Å². The standard InChI is InChI=1S/C13H25NO3/c1-11(16)6-12(2,3)8-17-9-13(4,5)7-14-10-15/h10H,6-9H2,1-5H3,(H,14,15). The molecule has 0 atom stereocenters. The van der Waals surface area contributed by atoms with Crippen LogP contribution in [-0.2, 0) is 14.3 Å². The van der Waals surface area contributed by atoms with Crippen LogP contribution in [0, 0.1) is 10.8 Å². The van der Waals surface area contributed by atoms with E-state index in [1.807, 2.05) is 27.7 Å². The topological polar surface area (TPSA) is 55.4 Å². The van der Waals surface area contributed by atoms with Crippen molar-refractivity contribution in [3.63, 3.8) is 0 Å². The molecule has 0 aliphatic carbocycles. The van der Waals surface area contributed by atoms with Crippen LogP contribution < -0.4 is 5.32 Å². The van der Waals surface area contributed by atoms with Gasteiger partial charge in [0.2, 0.25) is 6.41 Å². The Morgan fingerprint density at radius 2 is 1.71 bits per heavy atom. The van der Waals surface area contributed by atoms with Gasteiger partial charge in [0.1, 0.15) is 5.78 Å². The van der Waals surface area contributed by atoms with Gasteiger partial charge in [0, 0.05) is 18.4 Å². The summed E-state index contributed by atoms with van der Waals surface area (Å²) in [6.45, 7) is 11.4. The predicted octanol–water partition coefficient (Wildman–Crippen LogP) is 1.78. The van der Waals surface area contributed by atoms with Crippen LogP contribution in [0.1, 0.15) is 41.0 Å². The molecular weight excluding hydrogens is 218 g/mol. The number of ketones is 1. The smallest absolute Gasteiger partial charge is 0.207 e. The molecule has 0 aliphatic rings. The SMILES string of the molecule is CC(=O)CC(C)(C)COCC(C)(C)CNC=O. The molecule has 0 rings (SSSR count). The normalized spacial score (nSPS) is 12.3. The van der Waals surface area contributed by atoms with E-state index in [-0.39, 0.29) is 16.6 Å². The molecule has 0 aliphatic heterocycles. The number of carbonyl (C=O) groups excluding carboxylic acids is 2. The Morgan fingerprint density at radius 3 is 2.18 bits per heavy atom. The fourth-order valence-electron chi connectivity index (χ4n) is 1.70. The molecule has 0 heterocycles. The first-order chi connectivity index (χ1) is 7.68. The van der Waals surface area contributed by atoms with Gasteiger partial charge in [-0.1, -0.05) is 27.7 Å². The highest BCUT2D eigenvalue weighted by Crippen LogP contribution is 2.22. The van der Waals surface area contributed by atoms with Crippen molar-refractivity contribution in [1.82, 2.24) is 5.32 Å². The first-order valence-electron chi connectivity index (χ1n) is 5.93. The summed E-state index contributed by atoms with van der Waals surface area (Å²) in [6.07, 6.45) is 1.22. The second kappa shape index (κ2) is 6.74. The van der Waals surface area contributed by atoms with Crippen LogP contribution in [0.5, 0.6) is 0 Å². The molecule has 0 radical (unpaired) electrons. The van der Waals surface area contributed by atoms with E-state index >= 15 is 0 Å². The molecule has 1 N–H and O–H groups in total. The first-order valence-corrected chi connectivity index (χ1v) is 5.93. The maximum atomic E-state index is 11.1. The maximum Gasteiger partial charge on any atom is 0.207 e. The Balaban J connectivity index is 3.96. The highest BCUT2D eigenvalue weighted by atomic mass is 16.5. The Bertz CT molecular complexity index is 259. The molecule has 0 saturated heterocycles. The minimum absolute atomic E-state index is 0.0901. The van der Waals surface area contributed by atoms with E-state index in [9.17, 15) is 9.59 Å². The van der Waals surface area contributed by atoms with Gasteiger partial charge in [-0.2, -0.15) is 0 Å². The van der Waals surface area contributed by atoms with Gasteiger partial charge in [0.15, 0.2) is 0 Å². The zero-order valence-electron chi connectivity index (χ0n) is 11.6. The third-order valence-corrected chi connectivity index (χ3v) is 2.38. The van der Waals surface area contributed by atoms with Gasteiger partial charge in [-0.25, -0.2) is 0 Å². The van der Waals surface area contributed by atoms with E-state index in [1.165, 1.54) is 0 Å². The summed E-state index contributed by atoms with van der Waals surface area (Å²) >= 11 is 0. The van der Waals surface area contributed by atoms with Crippen LogP contribution in [0.3, 0.4) is 0 Å². The summed E-state index contributed by atoms with van der Waals surface area (Å²) < 4.78 is 5.65. The van der Waals surface area contributed by atoms with Crippen molar-refractivity contribution in [2.75, 3.05) is 19.8 Å². The minimum atomic E-state index is -0.125. The van der Waals surface area contributed by atoms with E-state index in [1.54, 1.807) is 6.92 Å². The van der Waals surface area contributed by atoms with Gasteiger partial charge in [0.05, 0.1) is 13.2 Å². The molecule has 17 heavy (non-hydrogen) atoms. The molecule has 100 valence electrons. The van der Waals surface area contributed by atoms with Crippen molar-refractivity contribution in [2.45, 2.75) is 41.0 Å². The van der Waals surface area contributed by atoms with Crippen molar-refractivity contribution in [3.8, 4) is 0 Å². The summed E-state index contributed by atoms with van der Waals surface area (Å²) in [5.41, 5.74) is -0.215. The number of hydrogen-bond acceptors (Lipinski definition) is 3. The predicted molar refractivity (Wildman–Crippen MR) is 67.7 cm³/mol. The number of amides is 1. The summed E-state index contributed by atoms with van der Waals surface area (Å²) in [5.74, 6) is 0.181. The van der Waals surface area contributed by atoms with Gasteiger partial charge >= 0.3 is 0 Å². The molecular formula is C13H25NO3. The summed E-state index contributed by atoms with van der Waals surface area (Å²) in [6, 6.07) is 0.